The van der Waals surface area contributed by atoms with Crippen LogP contribution < -0.4 is 5.32 Å². The molecule has 0 bridgehead atoms. The molecule has 0 fully saturated rings. The first-order valence-corrected chi connectivity index (χ1v) is 6.02. The van der Waals surface area contributed by atoms with Crippen LogP contribution in [0.2, 0.25) is 0 Å². The van der Waals surface area contributed by atoms with E-state index in [-0.39, 0.29) is 5.91 Å². The van der Waals surface area contributed by atoms with Crippen molar-refractivity contribution in [3.8, 4) is 12.3 Å². The molecule has 1 N–H and O–H groups in total. The second-order valence-corrected chi connectivity index (χ2v) is 4.19. The zero-order valence-corrected chi connectivity index (χ0v) is 10.1. The van der Waals surface area contributed by atoms with Gasteiger partial charge in [0.15, 0.2) is 0 Å². The number of hydrogen-bond acceptors (Lipinski definition) is 1. The van der Waals surface area contributed by atoms with Crippen LogP contribution >= 0.6 is 0 Å². The Balaban J connectivity index is 1.92. The molecule has 0 aromatic heterocycles. The molecule has 0 radical (unpaired) electrons. The van der Waals surface area contributed by atoms with Gasteiger partial charge in [0.25, 0.3) is 5.91 Å². The molecule has 0 spiro atoms. The zero-order chi connectivity index (χ0) is 12.8. The molecule has 18 heavy (non-hydrogen) atoms. The lowest BCUT2D eigenvalue weighted by atomic mass is 10.0. The summed E-state index contributed by atoms with van der Waals surface area (Å²) in [4.78, 5) is 10.9. The first-order valence-electron chi connectivity index (χ1n) is 6.02. The Labute approximate surface area is 107 Å². The molecular weight excluding hydrogens is 222 g/mol. The van der Waals surface area contributed by atoms with Gasteiger partial charge in [-0.2, -0.15) is 0 Å². The molecular formula is C16H15NO. The highest BCUT2D eigenvalue weighted by molar-refractivity contribution is 5.92. The van der Waals surface area contributed by atoms with E-state index < -0.39 is 0 Å². The molecule has 0 aliphatic heterocycles. The normalized spacial score (nSPS) is 9.94. The van der Waals surface area contributed by atoms with Crippen molar-refractivity contribution in [2.45, 2.75) is 12.8 Å². The number of carbonyl (C=O) groups excluding carboxylic acids is 1. The van der Waals surface area contributed by atoms with E-state index in [1.165, 1.54) is 16.3 Å². The maximum absolute atomic E-state index is 10.9. The minimum Gasteiger partial charge on any atom is -0.345 e. The molecule has 0 saturated heterocycles. The van der Waals surface area contributed by atoms with E-state index in [4.69, 9.17) is 6.42 Å². The van der Waals surface area contributed by atoms with Gasteiger partial charge < -0.3 is 5.32 Å². The third-order valence-electron chi connectivity index (χ3n) is 2.87. The van der Waals surface area contributed by atoms with Gasteiger partial charge in [-0.15, -0.1) is 6.42 Å². The van der Waals surface area contributed by atoms with Gasteiger partial charge in [-0.05, 0) is 35.1 Å². The largest absolute Gasteiger partial charge is 0.345 e. The molecule has 1 amide bonds. The van der Waals surface area contributed by atoms with E-state index in [2.05, 4.69) is 35.6 Å². The molecule has 2 rings (SSSR count). The molecule has 0 saturated carbocycles. The quantitative estimate of drug-likeness (QED) is 0.642. The molecule has 2 aromatic rings. The Morgan fingerprint density at radius 1 is 1.17 bits per heavy atom. The molecule has 2 heteroatoms. The fourth-order valence-corrected chi connectivity index (χ4v) is 1.94. The van der Waals surface area contributed by atoms with Gasteiger partial charge in [-0.25, -0.2) is 0 Å². The molecule has 90 valence electrons. The average Bonchev–Trinajstić information content (AvgIpc) is 2.43. The van der Waals surface area contributed by atoms with Crippen molar-refractivity contribution in [2.75, 3.05) is 6.54 Å². The minimum atomic E-state index is -0.339. The summed E-state index contributed by atoms with van der Waals surface area (Å²) in [5.41, 5.74) is 1.28. The van der Waals surface area contributed by atoms with Crippen LogP contribution in [0.3, 0.4) is 0 Å². The first-order chi connectivity index (χ1) is 8.79. The summed E-state index contributed by atoms with van der Waals surface area (Å²) < 4.78 is 0. The monoisotopic (exact) mass is 237 g/mol. The Hall–Kier alpha value is -2.27. The number of benzene rings is 2. The van der Waals surface area contributed by atoms with E-state index in [1.807, 2.05) is 18.1 Å². The summed E-state index contributed by atoms with van der Waals surface area (Å²) in [6, 6.07) is 14.7. The van der Waals surface area contributed by atoms with Crippen LogP contribution in [0.1, 0.15) is 12.0 Å². The molecule has 0 heterocycles. The van der Waals surface area contributed by atoms with E-state index in [0.717, 1.165) is 12.8 Å². The van der Waals surface area contributed by atoms with Crippen LogP contribution in [0.15, 0.2) is 42.5 Å². The molecule has 0 aliphatic carbocycles. The van der Waals surface area contributed by atoms with Crippen LogP contribution in [0.25, 0.3) is 10.8 Å². The number of amides is 1. The van der Waals surface area contributed by atoms with Crippen LogP contribution in [-0.2, 0) is 11.2 Å². The Bertz CT molecular complexity index is 595. The van der Waals surface area contributed by atoms with Crippen molar-refractivity contribution in [1.29, 1.82) is 0 Å². The topological polar surface area (TPSA) is 29.1 Å². The standard InChI is InChI=1S/C16H15NO/c1-2-16(18)17-11-5-6-13-9-10-14-7-3-4-8-15(14)12-13/h1,3-4,7-10,12H,5-6,11H2,(H,17,18). The highest BCUT2D eigenvalue weighted by Gasteiger charge is 1.98. The number of nitrogens with one attached hydrogen (secondary N) is 1. The third kappa shape index (κ3) is 3.11. The summed E-state index contributed by atoms with van der Waals surface area (Å²) in [7, 11) is 0. The van der Waals surface area contributed by atoms with Gasteiger partial charge in [0.05, 0.1) is 0 Å². The second-order valence-electron chi connectivity index (χ2n) is 4.19. The molecule has 2 aromatic carbocycles. The van der Waals surface area contributed by atoms with E-state index in [0.29, 0.717) is 6.54 Å². The maximum atomic E-state index is 10.9. The SMILES string of the molecule is C#CC(=O)NCCCc1ccc2ccccc2c1. The van der Waals surface area contributed by atoms with Crippen LogP contribution in [0, 0.1) is 12.3 Å². The number of carbonyl (C=O) groups is 1. The van der Waals surface area contributed by atoms with Crippen LogP contribution in [-0.4, -0.2) is 12.5 Å². The van der Waals surface area contributed by atoms with Crippen molar-refractivity contribution in [3.05, 3.63) is 48.0 Å². The van der Waals surface area contributed by atoms with E-state index in [9.17, 15) is 4.79 Å². The van der Waals surface area contributed by atoms with Gasteiger partial charge in [0.2, 0.25) is 0 Å². The predicted octanol–water partition coefficient (Wildman–Crippen LogP) is 2.52. The van der Waals surface area contributed by atoms with Crippen molar-refractivity contribution < 1.29 is 4.79 Å². The summed E-state index contributed by atoms with van der Waals surface area (Å²) in [5, 5.41) is 5.17. The highest BCUT2D eigenvalue weighted by atomic mass is 16.1. The molecule has 0 atom stereocenters. The minimum absolute atomic E-state index is 0.339. The van der Waals surface area contributed by atoms with Gasteiger partial charge in [0.1, 0.15) is 0 Å². The van der Waals surface area contributed by atoms with E-state index in [1.54, 1.807) is 0 Å². The Morgan fingerprint density at radius 2 is 1.94 bits per heavy atom. The molecule has 0 aliphatic rings. The summed E-state index contributed by atoms with van der Waals surface area (Å²) >= 11 is 0. The Morgan fingerprint density at radius 3 is 2.72 bits per heavy atom. The van der Waals surface area contributed by atoms with Crippen LogP contribution in [0.4, 0.5) is 0 Å². The lowest BCUT2D eigenvalue weighted by Gasteiger charge is -2.04. The number of fused-ring (bicyclic) bond motifs is 1. The third-order valence-corrected chi connectivity index (χ3v) is 2.87. The van der Waals surface area contributed by atoms with Crippen molar-refractivity contribution in [1.82, 2.24) is 5.32 Å². The fraction of sp³-hybridized carbons (Fsp3) is 0.188. The molecule has 0 unspecified atom stereocenters. The smallest absolute Gasteiger partial charge is 0.295 e. The fourth-order valence-electron chi connectivity index (χ4n) is 1.94. The lowest BCUT2D eigenvalue weighted by molar-refractivity contribution is -0.115. The summed E-state index contributed by atoms with van der Waals surface area (Å²) in [5.74, 6) is 1.70. The van der Waals surface area contributed by atoms with E-state index >= 15 is 0 Å². The van der Waals surface area contributed by atoms with Crippen molar-refractivity contribution in [2.24, 2.45) is 0 Å². The van der Waals surface area contributed by atoms with Crippen molar-refractivity contribution in [3.63, 3.8) is 0 Å². The Kier molecular flexibility index (Phi) is 3.98. The highest BCUT2D eigenvalue weighted by Crippen LogP contribution is 2.16. The zero-order valence-electron chi connectivity index (χ0n) is 10.1. The van der Waals surface area contributed by atoms with Gasteiger partial charge >= 0.3 is 0 Å². The number of terminal acetylenes is 1. The maximum Gasteiger partial charge on any atom is 0.295 e. The predicted molar refractivity (Wildman–Crippen MR) is 74.1 cm³/mol. The summed E-state index contributed by atoms with van der Waals surface area (Å²) in [6.45, 7) is 0.621. The summed E-state index contributed by atoms with van der Waals surface area (Å²) in [6.07, 6.45) is 6.80. The van der Waals surface area contributed by atoms with Gasteiger partial charge in [-0.3, -0.25) is 4.79 Å². The average molecular weight is 237 g/mol. The number of aryl methyl sites for hydroxylation is 1. The molecule has 2 nitrogen and oxygen atoms in total. The van der Waals surface area contributed by atoms with Crippen LogP contribution in [0.5, 0.6) is 0 Å². The number of hydrogen-bond donors (Lipinski definition) is 1. The second kappa shape index (κ2) is 5.88. The van der Waals surface area contributed by atoms with Gasteiger partial charge in [-0.1, -0.05) is 42.5 Å². The first kappa shape index (κ1) is 12.2. The van der Waals surface area contributed by atoms with Crippen molar-refractivity contribution >= 4 is 16.7 Å². The van der Waals surface area contributed by atoms with Gasteiger partial charge in [0, 0.05) is 6.54 Å². The number of rotatable bonds is 4. The lowest BCUT2D eigenvalue weighted by Crippen LogP contribution is -2.22.